The zero-order valence-corrected chi connectivity index (χ0v) is 23.4. The molecule has 5 rings (SSSR count). The van der Waals surface area contributed by atoms with Crippen molar-refractivity contribution in [1.82, 2.24) is 9.88 Å². The van der Waals surface area contributed by atoms with E-state index in [-0.39, 0.29) is 23.1 Å². The van der Waals surface area contributed by atoms with Gasteiger partial charge in [-0.1, -0.05) is 30.3 Å². The maximum absolute atomic E-state index is 13.9. The van der Waals surface area contributed by atoms with E-state index in [1.165, 1.54) is 11.0 Å². The molecule has 1 aliphatic rings. The number of nitrogens with zero attached hydrogens (tertiary/aromatic N) is 2. The van der Waals surface area contributed by atoms with E-state index in [0.717, 1.165) is 33.8 Å². The van der Waals surface area contributed by atoms with Crippen molar-refractivity contribution in [3.05, 3.63) is 118 Å². The number of amides is 2. The number of hydrogen-bond donors (Lipinski definition) is 1. The monoisotopic (exact) mass is 553 g/mol. The highest BCUT2D eigenvalue weighted by atomic mass is 32.1. The summed E-state index contributed by atoms with van der Waals surface area (Å²) < 4.78 is 21.7. The normalized spacial score (nSPS) is 14.6. The van der Waals surface area contributed by atoms with Crippen molar-refractivity contribution >= 4 is 40.9 Å². The molecular weight excluding hydrogens is 525 g/mol. The molecule has 0 aliphatic carbocycles. The molecule has 6 nitrogen and oxygen atoms in total. The third-order valence-corrected chi connectivity index (χ3v) is 7.42. The Morgan fingerprint density at radius 3 is 2.40 bits per heavy atom. The van der Waals surface area contributed by atoms with Crippen LogP contribution in [-0.2, 0) is 16.2 Å². The van der Waals surface area contributed by atoms with Crippen molar-refractivity contribution in [2.75, 3.05) is 4.90 Å². The minimum absolute atomic E-state index is 0.00616. The van der Waals surface area contributed by atoms with Gasteiger partial charge in [0.2, 0.25) is 0 Å². The van der Waals surface area contributed by atoms with E-state index in [4.69, 9.17) is 17.0 Å². The van der Waals surface area contributed by atoms with Gasteiger partial charge in [0.1, 0.15) is 23.7 Å². The predicted octanol–water partition coefficient (Wildman–Crippen LogP) is 6.26. The highest BCUT2D eigenvalue weighted by Gasteiger charge is 2.35. The number of aryl methyl sites for hydroxylation is 2. The van der Waals surface area contributed by atoms with Crippen molar-refractivity contribution in [3.8, 4) is 11.4 Å². The Labute approximate surface area is 237 Å². The number of nitrogens with one attached hydrogen (secondary N) is 1. The van der Waals surface area contributed by atoms with E-state index in [1.807, 2.05) is 80.8 Å². The number of halogens is 1. The summed E-state index contributed by atoms with van der Waals surface area (Å²) in [4.78, 5) is 27.8. The first-order chi connectivity index (χ1) is 19.2. The first-order valence-electron chi connectivity index (χ1n) is 12.8. The number of ether oxygens (including phenoxy) is 1. The number of hydrogen-bond acceptors (Lipinski definition) is 4. The van der Waals surface area contributed by atoms with Crippen LogP contribution in [-0.4, -0.2) is 21.5 Å². The summed E-state index contributed by atoms with van der Waals surface area (Å²) in [6.45, 7) is 7.90. The zero-order chi connectivity index (χ0) is 28.6. The number of carbonyl (C=O) groups is 2. The molecule has 8 heteroatoms. The van der Waals surface area contributed by atoms with E-state index in [0.29, 0.717) is 17.0 Å². The molecule has 2 amide bonds. The van der Waals surface area contributed by atoms with E-state index < -0.39 is 11.8 Å². The first-order valence-corrected chi connectivity index (χ1v) is 13.2. The lowest BCUT2D eigenvalue weighted by molar-refractivity contribution is -0.122. The van der Waals surface area contributed by atoms with Crippen LogP contribution in [0.2, 0.25) is 0 Å². The van der Waals surface area contributed by atoms with Crippen molar-refractivity contribution in [1.29, 1.82) is 0 Å². The summed E-state index contributed by atoms with van der Waals surface area (Å²) in [5.41, 5.74) is 6.47. The van der Waals surface area contributed by atoms with Gasteiger partial charge >= 0.3 is 0 Å². The molecule has 2 heterocycles. The van der Waals surface area contributed by atoms with Crippen molar-refractivity contribution in [2.24, 2.45) is 0 Å². The van der Waals surface area contributed by atoms with Gasteiger partial charge in [0.15, 0.2) is 5.11 Å². The Morgan fingerprint density at radius 2 is 1.68 bits per heavy atom. The topological polar surface area (TPSA) is 63.6 Å². The molecule has 0 saturated carbocycles. The molecule has 4 aromatic rings. The number of benzene rings is 3. The minimum Gasteiger partial charge on any atom is -0.489 e. The second-order valence-electron chi connectivity index (χ2n) is 9.71. The Morgan fingerprint density at radius 1 is 0.950 bits per heavy atom. The Kier molecular flexibility index (Phi) is 7.36. The van der Waals surface area contributed by atoms with Gasteiger partial charge in [-0.15, -0.1) is 0 Å². The van der Waals surface area contributed by atoms with E-state index >= 15 is 0 Å². The SMILES string of the molecule is Cc1cccc(N2C(=O)/C(=C/c3cc(C)n(-c4ccc(OCc5ccccc5F)cc4)c3C)C(=O)NC2=S)c1C. The molecule has 0 spiro atoms. The van der Waals surface area contributed by atoms with Gasteiger partial charge in [0, 0.05) is 22.6 Å². The Bertz CT molecular complexity index is 1690. The summed E-state index contributed by atoms with van der Waals surface area (Å²) in [6, 6.07) is 21.6. The molecule has 0 unspecified atom stereocenters. The maximum atomic E-state index is 13.9. The van der Waals surface area contributed by atoms with Gasteiger partial charge in [-0.25, -0.2) is 4.39 Å². The van der Waals surface area contributed by atoms with Gasteiger partial charge < -0.3 is 9.30 Å². The van der Waals surface area contributed by atoms with Crippen molar-refractivity contribution in [2.45, 2.75) is 34.3 Å². The van der Waals surface area contributed by atoms with Gasteiger partial charge in [-0.05, 0) is 105 Å². The van der Waals surface area contributed by atoms with Crippen LogP contribution in [0.5, 0.6) is 5.75 Å². The van der Waals surface area contributed by atoms with Crippen LogP contribution in [0.3, 0.4) is 0 Å². The molecule has 1 N–H and O–H groups in total. The standard InChI is InChI=1S/C32H28FN3O3S/c1-19-8-7-11-29(21(19)3)36-31(38)27(30(37)34-32(36)40)17-24-16-20(2)35(22(24)4)25-12-14-26(15-13-25)39-18-23-9-5-6-10-28(23)33/h5-17H,18H2,1-4H3,(H,34,37,40)/b27-17+. The molecule has 202 valence electrons. The van der Waals surface area contributed by atoms with E-state index in [2.05, 4.69) is 5.32 Å². The third-order valence-electron chi connectivity index (χ3n) is 7.14. The first kappa shape index (κ1) is 27.0. The summed E-state index contributed by atoms with van der Waals surface area (Å²) >= 11 is 5.37. The molecule has 1 aromatic heterocycles. The average Bonchev–Trinajstić information content (AvgIpc) is 3.21. The van der Waals surface area contributed by atoms with Crippen LogP contribution in [0.4, 0.5) is 10.1 Å². The number of rotatable bonds is 6. The summed E-state index contributed by atoms with van der Waals surface area (Å²) in [5, 5.41) is 2.73. The molecule has 1 saturated heterocycles. The molecule has 3 aromatic carbocycles. The molecule has 0 bridgehead atoms. The van der Waals surface area contributed by atoms with Crippen molar-refractivity contribution < 1.29 is 18.7 Å². The van der Waals surface area contributed by atoms with Crippen LogP contribution in [0.25, 0.3) is 11.8 Å². The molecule has 1 fully saturated rings. The third kappa shape index (κ3) is 5.05. The summed E-state index contributed by atoms with van der Waals surface area (Å²) in [7, 11) is 0. The lowest BCUT2D eigenvalue weighted by Crippen LogP contribution is -2.54. The van der Waals surface area contributed by atoms with Crippen LogP contribution < -0.4 is 15.0 Å². The highest BCUT2D eigenvalue weighted by Crippen LogP contribution is 2.29. The average molecular weight is 554 g/mol. The molecule has 0 radical (unpaired) electrons. The lowest BCUT2D eigenvalue weighted by Gasteiger charge is -2.30. The van der Waals surface area contributed by atoms with Gasteiger partial charge in [0.25, 0.3) is 11.8 Å². The van der Waals surface area contributed by atoms with Crippen LogP contribution in [0, 0.1) is 33.5 Å². The van der Waals surface area contributed by atoms with E-state index in [1.54, 1.807) is 24.3 Å². The molecule has 40 heavy (non-hydrogen) atoms. The maximum Gasteiger partial charge on any atom is 0.270 e. The van der Waals surface area contributed by atoms with Crippen LogP contribution in [0.1, 0.15) is 33.6 Å². The number of carbonyl (C=O) groups excluding carboxylic acids is 2. The predicted molar refractivity (Wildman–Crippen MR) is 158 cm³/mol. The number of thiocarbonyl (C=S) groups is 1. The highest BCUT2D eigenvalue weighted by molar-refractivity contribution is 7.80. The fourth-order valence-corrected chi connectivity index (χ4v) is 5.08. The molecule has 0 atom stereocenters. The smallest absolute Gasteiger partial charge is 0.270 e. The van der Waals surface area contributed by atoms with Crippen LogP contribution in [0.15, 0.2) is 78.4 Å². The quantitative estimate of drug-likeness (QED) is 0.174. The largest absolute Gasteiger partial charge is 0.489 e. The fourth-order valence-electron chi connectivity index (χ4n) is 4.81. The second-order valence-corrected chi connectivity index (χ2v) is 10.1. The van der Waals surface area contributed by atoms with Crippen molar-refractivity contribution in [3.63, 3.8) is 0 Å². The minimum atomic E-state index is -0.530. The molecular formula is C32H28FN3O3S. The number of anilines is 1. The number of aromatic nitrogens is 1. The van der Waals surface area contributed by atoms with E-state index in [9.17, 15) is 14.0 Å². The van der Waals surface area contributed by atoms with Gasteiger partial charge in [-0.2, -0.15) is 0 Å². The second kappa shape index (κ2) is 10.9. The zero-order valence-electron chi connectivity index (χ0n) is 22.6. The lowest BCUT2D eigenvalue weighted by atomic mass is 10.0. The Balaban J connectivity index is 1.42. The van der Waals surface area contributed by atoms with Gasteiger partial charge in [0.05, 0.1) is 5.69 Å². The Hall–Kier alpha value is -4.56. The van der Waals surface area contributed by atoms with Crippen LogP contribution >= 0.6 is 12.2 Å². The summed E-state index contributed by atoms with van der Waals surface area (Å²) in [6.07, 6.45) is 1.61. The van der Waals surface area contributed by atoms with Gasteiger partial charge in [-0.3, -0.25) is 19.8 Å². The summed E-state index contributed by atoms with van der Waals surface area (Å²) in [5.74, 6) is -0.687. The fraction of sp³-hybridized carbons (Fsp3) is 0.156. The molecule has 1 aliphatic heterocycles.